The average Bonchev–Trinajstić information content (AvgIpc) is 1.05. The van der Waals surface area contributed by atoms with Gasteiger partial charge in [0, 0.05) is 19.3 Å². The molecule has 6 fully saturated rings. The van der Waals surface area contributed by atoms with Crippen LogP contribution in [-0.4, -0.2) is 218 Å². The summed E-state index contributed by atoms with van der Waals surface area (Å²) in [5.74, 6) is -2.01. The largest absolute Gasteiger partial charge is 0.457 e. The Bertz CT molecular complexity index is 1990. The topological polar surface area (TPSA) is 333 Å². The summed E-state index contributed by atoms with van der Waals surface area (Å²) in [6, 6.07) is 0. The first-order valence-electron chi connectivity index (χ1n) is 33.8. The van der Waals surface area contributed by atoms with Gasteiger partial charge in [0.25, 0.3) is 0 Å². The summed E-state index contributed by atoms with van der Waals surface area (Å²) in [5, 5.41) is 92.0. The van der Waals surface area contributed by atoms with Gasteiger partial charge < -0.3 is 102 Å². The van der Waals surface area contributed by atoms with Crippen LogP contribution in [0.4, 0.5) is 0 Å². The molecule has 6 rings (SSSR count). The molecule has 8 N–H and O–H groups in total. The number of rotatable bonds is 26. The zero-order valence-electron chi connectivity index (χ0n) is 53.7. The molecule has 0 unspecified atom stereocenters. The minimum Gasteiger partial charge on any atom is -0.457 e. The molecular formula is C64H112O24. The molecule has 512 valence electrons. The maximum absolute atomic E-state index is 14.3. The highest BCUT2D eigenvalue weighted by Crippen LogP contribution is 2.39. The SMILES string of the molecule is CCCCCCCCCC(=O)O[C@H]1[C@H](O[C@@H]2[C@H]3OC(=O)CCCCCCCCC[C@H](CCCCC)O[C@@H]4O[C@H](C)[C@H](O)[C@H](O)[C@H]4O[C@H](O[C@H]2C)[C@@H]3O)O[C@@H](C)[C@H](O[C@@H]2O[C@@H](C)[C@H](OC(=O)CCCCCCC)[C@@H](O)[C@H]2O)[C@H]1O[C@@H]1O[C@@H](C)[C@H](O)[C@@H](O)[C@H]1O. The molecule has 0 aliphatic carbocycles. The van der Waals surface area contributed by atoms with Crippen LogP contribution in [0.3, 0.4) is 0 Å². The lowest BCUT2D eigenvalue weighted by molar-refractivity contribution is -0.399. The van der Waals surface area contributed by atoms with Crippen molar-refractivity contribution in [2.75, 3.05) is 0 Å². The van der Waals surface area contributed by atoms with Crippen molar-refractivity contribution in [1.29, 1.82) is 0 Å². The Morgan fingerprint density at radius 3 is 1.50 bits per heavy atom. The smallest absolute Gasteiger partial charge is 0.306 e. The first kappa shape index (κ1) is 74.7. The predicted octanol–water partition coefficient (Wildman–Crippen LogP) is 5.87. The molecule has 6 saturated heterocycles. The van der Waals surface area contributed by atoms with Crippen molar-refractivity contribution in [3.63, 3.8) is 0 Å². The van der Waals surface area contributed by atoms with E-state index in [2.05, 4.69) is 20.8 Å². The van der Waals surface area contributed by atoms with Gasteiger partial charge in [0.2, 0.25) is 0 Å². The predicted molar refractivity (Wildman–Crippen MR) is 315 cm³/mol. The summed E-state index contributed by atoms with van der Waals surface area (Å²) in [7, 11) is 0. The van der Waals surface area contributed by atoms with Crippen molar-refractivity contribution in [3.05, 3.63) is 0 Å². The molecule has 0 spiro atoms. The standard InChI is InChI=1S/C64H112O24/c1-9-12-15-17-19-24-30-35-44(67)84-59-58(88-60-50(73)47(70)45(68)36(4)76-60)55(85-61-51(74)49(72)53(38(6)78-61)82-42(65)33-28-22-16-13-10-2)40(8)80-64(59)86-54-39(7)79-62-52(75)56(54)83-43(66)34-29-25-21-18-20-23-27-32-41(31-26-14-11-3)81-63-57(87-62)48(71)46(69)37(5)77-63/h36-41,45-64,68-75H,9-35H2,1-8H3/t36-,37+,38-,39-,40-,41-,45-,46-,47+,48-,49-,50+,51+,52+,53-,54-,55-,56-,57+,58+,59+,60-,61-,62-,63-,64-/m0/s1. The van der Waals surface area contributed by atoms with Gasteiger partial charge in [-0.3, -0.25) is 14.4 Å². The van der Waals surface area contributed by atoms with Gasteiger partial charge in [0.15, 0.2) is 49.8 Å². The second kappa shape index (κ2) is 38.2. The number of aliphatic hydroxyl groups is 8. The molecule has 0 aromatic carbocycles. The number of hydrogen-bond donors (Lipinski definition) is 8. The normalized spacial score (nSPS) is 40.9. The molecule has 6 heterocycles. The van der Waals surface area contributed by atoms with E-state index in [4.69, 9.17) is 61.6 Å². The van der Waals surface area contributed by atoms with Crippen LogP contribution in [0.25, 0.3) is 0 Å². The van der Waals surface area contributed by atoms with Crippen LogP contribution in [0.2, 0.25) is 0 Å². The monoisotopic (exact) mass is 1260 g/mol. The first-order valence-corrected chi connectivity index (χ1v) is 33.8. The Morgan fingerprint density at radius 1 is 0.398 bits per heavy atom. The third kappa shape index (κ3) is 21.6. The number of hydrogen-bond acceptors (Lipinski definition) is 24. The Balaban J connectivity index is 1.34. The minimum absolute atomic E-state index is 0.0244. The van der Waals surface area contributed by atoms with E-state index in [1.807, 2.05) is 0 Å². The zero-order valence-corrected chi connectivity index (χ0v) is 53.7. The molecular weight excluding hydrogens is 1150 g/mol. The fraction of sp³-hybridized carbons (Fsp3) is 0.953. The molecule has 0 aromatic heterocycles. The van der Waals surface area contributed by atoms with Crippen molar-refractivity contribution in [3.8, 4) is 0 Å². The summed E-state index contributed by atoms with van der Waals surface area (Å²) in [6.45, 7) is 14.0. The van der Waals surface area contributed by atoms with Gasteiger partial charge >= 0.3 is 17.9 Å². The Morgan fingerprint density at radius 2 is 0.864 bits per heavy atom. The number of esters is 3. The minimum atomic E-state index is -1.90. The summed E-state index contributed by atoms with van der Waals surface area (Å²) >= 11 is 0. The van der Waals surface area contributed by atoms with E-state index in [9.17, 15) is 55.2 Å². The number of carbonyl (C=O) groups excluding carboxylic acids is 3. The first-order chi connectivity index (χ1) is 42.2. The van der Waals surface area contributed by atoms with Crippen molar-refractivity contribution >= 4 is 17.9 Å². The summed E-state index contributed by atoms with van der Waals surface area (Å²) in [6.07, 6.45) is -17.4. The van der Waals surface area contributed by atoms with Crippen LogP contribution < -0.4 is 0 Å². The number of ether oxygens (including phenoxy) is 13. The Hall–Kier alpha value is -2.31. The van der Waals surface area contributed by atoms with Crippen molar-refractivity contribution < 1.29 is 117 Å². The third-order valence-electron chi connectivity index (χ3n) is 18.1. The number of unbranched alkanes of at least 4 members (excludes halogenated alkanes) is 12. The van der Waals surface area contributed by atoms with Crippen molar-refractivity contribution in [1.82, 2.24) is 0 Å². The number of carbonyl (C=O) groups is 3. The van der Waals surface area contributed by atoms with Gasteiger partial charge in [0.05, 0.1) is 36.6 Å². The highest BCUT2D eigenvalue weighted by Gasteiger charge is 2.58. The van der Waals surface area contributed by atoms with Crippen molar-refractivity contribution in [2.24, 2.45) is 0 Å². The average molecular weight is 1270 g/mol. The van der Waals surface area contributed by atoms with E-state index in [1.54, 1.807) is 13.8 Å². The molecule has 0 amide bonds. The van der Waals surface area contributed by atoms with Crippen LogP contribution in [0, 0.1) is 0 Å². The summed E-state index contributed by atoms with van der Waals surface area (Å²) in [4.78, 5) is 41.4. The molecule has 6 aliphatic rings. The van der Waals surface area contributed by atoms with Gasteiger partial charge in [-0.1, -0.05) is 143 Å². The molecule has 0 radical (unpaired) electrons. The number of fused-ring (bicyclic) bond motifs is 3. The maximum Gasteiger partial charge on any atom is 0.306 e. The number of aliphatic hydroxyl groups excluding tert-OH is 8. The molecule has 26 atom stereocenters. The highest BCUT2D eigenvalue weighted by molar-refractivity contribution is 5.70. The summed E-state index contributed by atoms with van der Waals surface area (Å²) < 4.78 is 82.6. The van der Waals surface area contributed by atoms with E-state index in [1.165, 1.54) is 20.8 Å². The fourth-order valence-electron chi connectivity index (χ4n) is 12.6. The lowest BCUT2D eigenvalue weighted by Gasteiger charge is -2.51. The lowest BCUT2D eigenvalue weighted by Crippen LogP contribution is -2.68. The fourth-order valence-corrected chi connectivity index (χ4v) is 12.6. The third-order valence-corrected chi connectivity index (χ3v) is 18.1. The van der Waals surface area contributed by atoms with Crippen LogP contribution in [0.15, 0.2) is 0 Å². The molecule has 6 aliphatic heterocycles. The quantitative estimate of drug-likeness (QED) is 0.0285. The van der Waals surface area contributed by atoms with E-state index < -0.39 is 171 Å². The van der Waals surface area contributed by atoms with E-state index in [0.717, 1.165) is 128 Å². The van der Waals surface area contributed by atoms with Crippen LogP contribution in [0.5, 0.6) is 0 Å². The van der Waals surface area contributed by atoms with Crippen LogP contribution in [-0.2, 0) is 76.0 Å². The molecule has 24 heteroatoms. The lowest BCUT2D eigenvalue weighted by atomic mass is 9.95. The summed E-state index contributed by atoms with van der Waals surface area (Å²) in [5.41, 5.74) is 0. The van der Waals surface area contributed by atoms with Gasteiger partial charge in [-0.25, -0.2) is 0 Å². The van der Waals surface area contributed by atoms with Crippen LogP contribution >= 0.6 is 0 Å². The maximum atomic E-state index is 14.3. The second-order valence-corrected chi connectivity index (χ2v) is 25.5. The van der Waals surface area contributed by atoms with Gasteiger partial charge in [-0.2, -0.15) is 0 Å². The van der Waals surface area contributed by atoms with Gasteiger partial charge in [0.1, 0.15) is 73.2 Å². The van der Waals surface area contributed by atoms with Gasteiger partial charge in [-0.05, 0) is 66.7 Å². The molecule has 0 aromatic rings. The molecule has 0 saturated carbocycles. The molecule has 88 heavy (non-hydrogen) atoms. The second-order valence-electron chi connectivity index (χ2n) is 25.5. The highest BCUT2D eigenvalue weighted by atomic mass is 16.8. The Kier molecular flexibility index (Phi) is 32.4. The molecule has 2 bridgehead atoms. The zero-order chi connectivity index (χ0) is 64.0. The van der Waals surface area contributed by atoms with Gasteiger partial charge in [-0.15, -0.1) is 0 Å². The van der Waals surface area contributed by atoms with E-state index in [0.29, 0.717) is 25.7 Å². The van der Waals surface area contributed by atoms with E-state index in [-0.39, 0.29) is 25.4 Å². The molecule has 24 nitrogen and oxygen atoms in total. The van der Waals surface area contributed by atoms with Crippen LogP contribution in [0.1, 0.15) is 229 Å². The van der Waals surface area contributed by atoms with E-state index >= 15 is 0 Å². The van der Waals surface area contributed by atoms with Crippen molar-refractivity contribution in [2.45, 2.75) is 388 Å². The Labute approximate surface area is 521 Å².